The molecule has 2 bridgehead atoms. The van der Waals surface area contributed by atoms with Gasteiger partial charge in [-0.3, -0.25) is 9.69 Å². The van der Waals surface area contributed by atoms with Gasteiger partial charge in [-0.15, -0.1) is 0 Å². The number of nitrogens with zero attached hydrogens (tertiary/aromatic N) is 2. The van der Waals surface area contributed by atoms with Crippen LogP contribution in [0.3, 0.4) is 0 Å². The summed E-state index contributed by atoms with van der Waals surface area (Å²) in [5.74, 6) is -2.03. The number of nitrogens with one attached hydrogen (secondary N) is 2. The third-order valence-electron chi connectivity index (χ3n) is 5.42. The first-order chi connectivity index (χ1) is 12.3. The minimum Gasteiger partial charge on any atom is -0.479 e. The van der Waals surface area contributed by atoms with Crippen LogP contribution in [0.1, 0.15) is 12.0 Å². The summed E-state index contributed by atoms with van der Waals surface area (Å²) < 4.78 is 29.1. The zero-order valence-corrected chi connectivity index (χ0v) is 13.9. The van der Waals surface area contributed by atoms with Crippen molar-refractivity contribution in [1.29, 1.82) is 0 Å². The largest absolute Gasteiger partial charge is 0.479 e. The summed E-state index contributed by atoms with van der Waals surface area (Å²) in [6.45, 7) is -1.82. The van der Waals surface area contributed by atoms with Gasteiger partial charge in [0.25, 0.3) is 5.91 Å². The zero-order valence-electron chi connectivity index (χ0n) is 13.9. The molecule has 1 unspecified atom stereocenters. The molecule has 0 saturated carbocycles. The van der Waals surface area contributed by atoms with Crippen molar-refractivity contribution in [3.8, 4) is 5.75 Å². The molecular formula is C16H18F2N4O4. The number of piperazine rings is 1. The van der Waals surface area contributed by atoms with Crippen LogP contribution in [-0.2, 0) is 15.1 Å². The van der Waals surface area contributed by atoms with Gasteiger partial charge in [-0.2, -0.15) is 8.78 Å². The summed E-state index contributed by atoms with van der Waals surface area (Å²) in [6.07, 6.45) is 0.819. The zero-order chi connectivity index (χ0) is 18.6. The lowest BCUT2D eigenvalue weighted by Crippen LogP contribution is -2.61. The Morgan fingerprint density at radius 2 is 2.12 bits per heavy atom. The summed E-state index contributed by atoms with van der Waals surface area (Å²) in [4.78, 5) is 29.1. The van der Waals surface area contributed by atoms with E-state index in [9.17, 15) is 23.5 Å². The predicted octanol–water partition coefficient (Wildman–Crippen LogP) is 0.413. The van der Waals surface area contributed by atoms with Crippen LogP contribution in [-0.4, -0.2) is 65.6 Å². The molecule has 0 aromatic heterocycles. The van der Waals surface area contributed by atoms with Crippen LogP contribution in [0, 0.1) is 0 Å². The number of hydrogen-bond acceptors (Lipinski definition) is 6. The second-order valence-corrected chi connectivity index (χ2v) is 6.83. The molecule has 8 nitrogen and oxygen atoms in total. The summed E-state index contributed by atoms with van der Waals surface area (Å²) in [7, 11) is 1.98. The number of likely N-dealkylation sites (N-methyl/N-ethyl adjacent to an activating group) is 1. The number of alkyl halides is 2. The van der Waals surface area contributed by atoms with E-state index < -0.39 is 24.0 Å². The molecule has 3 heterocycles. The van der Waals surface area contributed by atoms with Gasteiger partial charge in [0.2, 0.25) is 5.54 Å². The number of aliphatic carboxylic acids is 1. The summed E-state index contributed by atoms with van der Waals surface area (Å²) in [6, 6.07) is 4.00. The first kappa shape index (κ1) is 17.0. The lowest BCUT2D eigenvalue weighted by Gasteiger charge is -2.36. The number of carbonyl (C=O) groups excluding carboxylic acids is 1. The highest BCUT2D eigenvalue weighted by Gasteiger charge is 2.58. The Bertz CT molecular complexity index is 775. The van der Waals surface area contributed by atoms with Gasteiger partial charge in [-0.1, -0.05) is 6.07 Å². The average molecular weight is 368 g/mol. The number of fused-ring (bicyclic) bond motifs is 3. The molecule has 3 N–H and O–H groups in total. The minimum absolute atomic E-state index is 0.0268. The van der Waals surface area contributed by atoms with Crippen molar-refractivity contribution in [2.75, 3.05) is 25.6 Å². The topological polar surface area (TPSA) is 94.1 Å². The molecule has 0 radical (unpaired) electrons. The van der Waals surface area contributed by atoms with Crippen LogP contribution < -0.4 is 15.6 Å². The van der Waals surface area contributed by atoms with Gasteiger partial charge < -0.3 is 20.2 Å². The maximum Gasteiger partial charge on any atom is 0.387 e. The smallest absolute Gasteiger partial charge is 0.387 e. The van der Waals surface area contributed by atoms with Crippen LogP contribution in [0.2, 0.25) is 0 Å². The van der Waals surface area contributed by atoms with Gasteiger partial charge in [0, 0.05) is 36.8 Å². The summed E-state index contributed by atoms with van der Waals surface area (Å²) >= 11 is 0. The fourth-order valence-corrected chi connectivity index (χ4v) is 4.12. The van der Waals surface area contributed by atoms with Crippen molar-refractivity contribution in [2.24, 2.45) is 0 Å². The van der Waals surface area contributed by atoms with E-state index in [0.717, 1.165) is 6.42 Å². The Balaban J connectivity index is 1.68. The van der Waals surface area contributed by atoms with Crippen LogP contribution in [0.5, 0.6) is 5.75 Å². The number of halogens is 2. The Labute approximate surface area is 147 Å². The van der Waals surface area contributed by atoms with Gasteiger partial charge in [0.1, 0.15) is 5.75 Å². The van der Waals surface area contributed by atoms with Gasteiger partial charge in [0.05, 0.1) is 5.69 Å². The van der Waals surface area contributed by atoms with E-state index in [2.05, 4.69) is 20.5 Å². The first-order valence-electron chi connectivity index (χ1n) is 8.20. The molecule has 140 valence electrons. The number of carboxylic acids is 1. The number of likely N-dealkylation sites (tertiary alicyclic amines) is 2. The average Bonchev–Trinajstić information content (AvgIpc) is 3.25. The predicted molar refractivity (Wildman–Crippen MR) is 85.7 cm³/mol. The molecule has 1 aromatic carbocycles. The molecule has 3 aliphatic heterocycles. The Hall–Kier alpha value is -2.46. The van der Waals surface area contributed by atoms with E-state index in [-0.39, 0.29) is 29.1 Å². The number of rotatable bonds is 4. The summed E-state index contributed by atoms with van der Waals surface area (Å²) in [5.41, 5.74) is 3.59. The molecule has 2 saturated heterocycles. The highest BCUT2D eigenvalue weighted by molar-refractivity contribution is 6.10. The molecule has 2 fully saturated rings. The van der Waals surface area contributed by atoms with E-state index >= 15 is 0 Å². The molecule has 10 heteroatoms. The second kappa shape index (κ2) is 5.78. The Kier molecular flexibility index (Phi) is 3.77. The summed E-state index contributed by atoms with van der Waals surface area (Å²) in [5, 5.41) is 9.87. The van der Waals surface area contributed by atoms with Crippen molar-refractivity contribution in [3.63, 3.8) is 0 Å². The fourth-order valence-electron chi connectivity index (χ4n) is 4.12. The number of hydrogen-bond donors (Lipinski definition) is 3. The maximum atomic E-state index is 13.2. The molecule has 0 spiro atoms. The second-order valence-electron chi connectivity index (χ2n) is 6.83. The van der Waals surface area contributed by atoms with Gasteiger partial charge in [-0.05, 0) is 19.5 Å². The number of carbonyl (C=O) groups is 2. The first-order valence-corrected chi connectivity index (χ1v) is 8.20. The monoisotopic (exact) mass is 368 g/mol. The number of benzene rings is 1. The van der Waals surface area contributed by atoms with Crippen LogP contribution in [0.4, 0.5) is 14.5 Å². The van der Waals surface area contributed by atoms with E-state index in [1.165, 1.54) is 18.2 Å². The van der Waals surface area contributed by atoms with Crippen molar-refractivity contribution < 1.29 is 28.2 Å². The number of ether oxygens (including phenoxy) is 1. The fraction of sp³-hybridized carbons (Fsp3) is 0.500. The molecule has 4 rings (SSSR count). The highest BCUT2D eigenvalue weighted by atomic mass is 19.3. The highest BCUT2D eigenvalue weighted by Crippen LogP contribution is 2.40. The van der Waals surface area contributed by atoms with Gasteiger partial charge in [-0.25, -0.2) is 10.2 Å². The Morgan fingerprint density at radius 3 is 2.69 bits per heavy atom. The van der Waals surface area contributed by atoms with E-state index in [4.69, 9.17) is 0 Å². The molecule has 1 amide bonds. The molecule has 1 aromatic rings. The molecule has 3 atom stereocenters. The van der Waals surface area contributed by atoms with Crippen LogP contribution in [0.15, 0.2) is 18.2 Å². The molecular weight excluding hydrogens is 350 g/mol. The standard InChI is InChI=1S/C16H18F2N4O4/c1-21-6-9-4-8(21)7-22(9)13(23)16(14(24)25)11-3-2-10(26-15(17)18)5-12(11)19-20-16/h2-3,5,8-9,15,19-20H,4,6-7H2,1H3,(H,24,25)/t8-,9-,16?/m0/s1. The normalized spacial score (nSPS) is 29.8. The van der Waals surface area contributed by atoms with Crippen molar-refractivity contribution >= 4 is 17.6 Å². The van der Waals surface area contributed by atoms with Crippen molar-refractivity contribution in [1.82, 2.24) is 15.2 Å². The lowest BCUT2D eigenvalue weighted by atomic mass is 9.88. The minimum atomic E-state index is -2.99. The van der Waals surface area contributed by atoms with Crippen molar-refractivity contribution in [2.45, 2.75) is 30.7 Å². The van der Waals surface area contributed by atoms with E-state index in [1.54, 1.807) is 4.90 Å². The van der Waals surface area contributed by atoms with E-state index in [1.807, 2.05) is 7.05 Å². The van der Waals surface area contributed by atoms with Crippen molar-refractivity contribution in [3.05, 3.63) is 23.8 Å². The SMILES string of the molecule is CN1C[C@@H]2C[C@H]1CN2C(=O)C1(C(=O)O)NNc2cc(OC(F)F)ccc21. The quantitative estimate of drug-likeness (QED) is 0.663. The molecule has 26 heavy (non-hydrogen) atoms. The van der Waals surface area contributed by atoms with Crippen LogP contribution >= 0.6 is 0 Å². The van der Waals surface area contributed by atoms with Gasteiger partial charge >= 0.3 is 12.6 Å². The third-order valence-corrected chi connectivity index (χ3v) is 5.42. The number of anilines is 1. The number of amides is 1. The third kappa shape index (κ3) is 2.32. The Morgan fingerprint density at radius 1 is 1.35 bits per heavy atom. The maximum absolute atomic E-state index is 13.2. The lowest BCUT2D eigenvalue weighted by molar-refractivity contribution is -0.156. The van der Waals surface area contributed by atoms with E-state index in [0.29, 0.717) is 13.1 Å². The number of carboxylic acid groups (broad SMARTS) is 1. The molecule has 3 aliphatic rings. The molecule has 0 aliphatic carbocycles. The van der Waals surface area contributed by atoms with Crippen LogP contribution in [0.25, 0.3) is 0 Å². The van der Waals surface area contributed by atoms with Gasteiger partial charge in [0.15, 0.2) is 0 Å². The number of hydrazine groups is 1.